The molecule has 0 saturated carbocycles. The third-order valence-corrected chi connectivity index (χ3v) is 3.22. The summed E-state index contributed by atoms with van der Waals surface area (Å²) in [5.74, 6) is 1.04. The summed E-state index contributed by atoms with van der Waals surface area (Å²) in [6.07, 6.45) is 0.225. The van der Waals surface area contributed by atoms with Crippen molar-refractivity contribution in [3.05, 3.63) is 17.2 Å². The second kappa shape index (κ2) is 5.21. The summed E-state index contributed by atoms with van der Waals surface area (Å²) in [4.78, 5) is 15.4. The third-order valence-electron chi connectivity index (χ3n) is 3.22. The highest BCUT2D eigenvalue weighted by atomic mass is 16.5. The molecule has 1 amide bonds. The number of fused-ring (bicyclic) bond motifs is 1. The number of aromatic nitrogens is 2. The number of nitrogens with one attached hydrogen (secondary N) is 1. The van der Waals surface area contributed by atoms with Crippen molar-refractivity contribution in [2.45, 2.75) is 45.7 Å². The zero-order valence-corrected chi connectivity index (χ0v) is 11.8. The Morgan fingerprint density at radius 2 is 2.26 bits per heavy atom. The number of ether oxygens (including phenoxy) is 1. The van der Waals surface area contributed by atoms with Crippen LogP contribution < -0.4 is 11.1 Å². The van der Waals surface area contributed by atoms with Crippen molar-refractivity contribution in [1.29, 1.82) is 0 Å². The molecule has 0 aromatic carbocycles. The van der Waals surface area contributed by atoms with Crippen LogP contribution in [0.15, 0.2) is 0 Å². The third kappa shape index (κ3) is 3.07. The lowest BCUT2D eigenvalue weighted by Gasteiger charge is -2.21. The van der Waals surface area contributed by atoms with Gasteiger partial charge in [-0.15, -0.1) is 0 Å². The predicted octanol–water partition coefficient (Wildman–Crippen LogP) is 0.922. The lowest BCUT2D eigenvalue weighted by atomic mass is 9.95. The molecular weight excluding hydrogens is 244 g/mol. The van der Waals surface area contributed by atoms with Crippen LogP contribution in [0, 0.1) is 0 Å². The molecular formula is C13H22N4O2. The molecule has 0 aliphatic carbocycles. The molecule has 0 spiro atoms. The Morgan fingerprint density at radius 1 is 1.53 bits per heavy atom. The Balaban J connectivity index is 2.27. The van der Waals surface area contributed by atoms with Crippen LogP contribution in [-0.4, -0.2) is 28.8 Å². The van der Waals surface area contributed by atoms with E-state index >= 15 is 0 Å². The van der Waals surface area contributed by atoms with Gasteiger partial charge in [0.25, 0.3) is 0 Å². The maximum Gasteiger partial charge on any atom is 0.404 e. The van der Waals surface area contributed by atoms with Gasteiger partial charge >= 0.3 is 6.09 Å². The minimum absolute atomic E-state index is 0.0376. The highest BCUT2D eigenvalue weighted by Crippen LogP contribution is 2.26. The van der Waals surface area contributed by atoms with E-state index in [4.69, 9.17) is 15.5 Å². The Labute approximate surface area is 113 Å². The van der Waals surface area contributed by atoms with Crippen molar-refractivity contribution < 1.29 is 9.53 Å². The summed E-state index contributed by atoms with van der Waals surface area (Å²) in [7, 11) is 0. The summed E-state index contributed by atoms with van der Waals surface area (Å²) < 4.78 is 7.03. The number of rotatable bonds is 3. The van der Waals surface area contributed by atoms with E-state index in [1.807, 2.05) is 0 Å². The Bertz CT molecular complexity index is 474. The second-order valence-corrected chi connectivity index (χ2v) is 5.82. The van der Waals surface area contributed by atoms with E-state index in [2.05, 4.69) is 30.7 Å². The monoisotopic (exact) mass is 266 g/mol. The van der Waals surface area contributed by atoms with Gasteiger partial charge in [-0.05, 0) is 0 Å². The molecule has 3 N–H and O–H groups in total. The second-order valence-electron chi connectivity index (χ2n) is 5.82. The SMILES string of the molecule is CC(C)(C)c1nc2c(n1CCOC(N)=O)CCNC2. The molecule has 0 fully saturated rings. The van der Waals surface area contributed by atoms with Crippen molar-refractivity contribution in [1.82, 2.24) is 14.9 Å². The van der Waals surface area contributed by atoms with Crippen LogP contribution in [0.3, 0.4) is 0 Å². The average molecular weight is 266 g/mol. The minimum atomic E-state index is -0.729. The standard InChI is InChI=1S/C13H22N4O2/c1-13(2,3)11-16-9-8-15-5-4-10(9)17(11)6-7-19-12(14)18/h15H,4-8H2,1-3H3,(H2,14,18). The molecule has 0 unspecified atom stereocenters. The van der Waals surface area contributed by atoms with Crippen molar-refractivity contribution in [3.63, 3.8) is 0 Å². The number of hydrogen-bond acceptors (Lipinski definition) is 4. The van der Waals surface area contributed by atoms with Gasteiger partial charge in [-0.25, -0.2) is 9.78 Å². The quantitative estimate of drug-likeness (QED) is 0.852. The van der Waals surface area contributed by atoms with Crippen LogP contribution in [0.1, 0.15) is 38.0 Å². The molecule has 19 heavy (non-hydrogen) atoms. The molecule has 1 aliphatic rings. The van der Waals surface area contributed by atoms with Crippen molar-refractivity contribution in [3.8, 4) is 0 Å². The van der Waals surface area contributed by atoms with Gasteiger partial charge in [0.05, 0.1) is 12.2 Å². The molecule has 106 valence electrons. The normalized spacial score (nSPS) is 15.1. The van der Waals surface area contributed by atoms with Gasteiger partial charge in [0.15, 0.2) is 0 Å². The Kier molecular flexibility index (Phi) is 3.80. The lowest BCUT2D eigenvalue weighted by molar-refractivity contribution is 0.151. The summed E-state index contributed by atoms with van der Waals surface area (Å²) in [5.41, 5.74) is 7.31. The number of carbonyl (C=O) groups excluding carboxylic acids is 1. The topological polar surface area (TPSA) is 82.2 Å². The maximum atomic E-state index is 10.7. The molecule has 6 heteroatoms. The summed E-state index contributed by atoms with van der Waals surface area (Å²) in [5, 5.41) is 3.33. The molecule has 1 aromatic heterocycles. The van der Waals surface area contributed by atoms with Crippen LogP contribution >= 0.6 is 0 Å². The number of imidazole rings is 1. The molecule has 0 saturated heterocycles. The molecule has 6 nitrogen and oxygen atoms in total. The van der Waals surface area contributed by atoms with E-state index in [-0.39, 0.29) is 12.0 Å². The van der Waals surface area contributed by atoms with Gasteiger partial charge in [-0.3, -0.25) is 0 Å². The fourth-order valence-electron chi connectivity index (χ4n) is 2.42. The van der Waals surface area contributed by atoms with Gasteiger partial charge in [0, 0.05) is 30.6 Å². The summed E-state index contributed by atoms with van der Waals surface area (Å²) in [6, 6.07) is 0. The van der Waals surface area contributed by atoms with Gasteiger partial charge in [0.1, 0.15) is 12.4 Å². The van der Waals surface area contributed by atoms with E-state index in [1.54, 1.807) is 0 Å². The zero-order chi connectivity index (χ0) is 14.0. The van der Waals surface area contributed by atoms with Gasteiger partial charge in [-0.1, -0.05) is 20.8 Å². The largest absolute Gasteiger partial charge is 0.448 e. The number of nitrogens with zero attached hydrogens (tertiary/aromatic N) is 2. The number of hydrogen-bond donors (Lipinski definition) is 2. The first-order valence-electron chi connectivity index (χ1n) is 6.61. The van der Waals surface area contributed by atoms with Crippen molar-refractivity contribution in [2.75, 3.05) is 13.2 Å². The van der Waals surface area contributed by atoms with Crippen LogP contribution in [0.2, 0.25) is 0 Å². The van der Waals surface area contributed by atoms with Gasteiger partial charge in [0.2, 0.25) is 0 Å². The molecule has 0 bridgehead atoms. The zero-order valence-electron chi connectivity index (χ0n) is 11.8. The van der Waals surface area contributed by atoms with Gasteiger partial charge in [-0.2, -0.15) is 0 Å². The molecule has 0 radical (unpaired) electrons. The summed E-state index contributed by atoms with van der Waals surface area (Å²) in [6.45, 7) is 9.08. The average Bonchev–Trinajstić information content (AvgIpc) is 2.68. The lowest BCUT2D eigenvalue weighted by Crippen LogP contribution is -2.27. The first-order chi connectivity index (χ1) is 8.89. The smallest absolute Gasteiger partial charge is 0.404 e. The molecule has 0 atom stereocenters. The predicted molar refractivity (Wildman–Crippen MR) is 71.9 cm³/mol. The van der Waals surface area contributed by atoms with Crippen molar-refractivity contribution >= 4 is 6.09 Å². The van der Waals surface area contributed by atoms with E-state index in [0.717, 1.165) is 31.0 Å². The Morgan fingerprint density at radius 3 is 2.89 bits per heavy atom. The number of primary amides is 1. The molecule has 1 aromatic rings. The Hall–Kier alpha value is -1.56. The van der Waals surface area contributed by atoms with E-state index in [1.165, 1.54) is 5.69 Å². The highest BCUT2D eigenvalue weighted by molar-refractivity contribution is 5.64. The number of carbonyl (C=O) groups is 1. The molecule has 1 aliphatic heterocycles. The maximum absolute atomic E-state index is 10.7. The first-order valence-corrected chi connectivity index (χ1v) is 6.61. The van der Waals surface area contributed by atoms with Gasteiger partial charge < -0.3 is 20.4 Å². The number of amides is 1. The van der Waals surface area contributed by atoms with E-state index in [9.17, 15) is 4.79 Å². The first kappa shape index (κ1) is 13.9. The molecule has 2 heterocycles. The van der Waals surface area contributed by atoms with Crippen molar-refractivity contribution in [2.24, 2.45) is 5.73 Å². The van der Waals surface area contributed by atoms with E-state index in [0.29, 0.717) is 6.54 Å². The van der Waals surface area contributed by atoms with E-state index < -0.39 is 6.09 Å². The van der Waals surface area contributed by atoms with Crippen LogP contribution in [0.25, 0.3) is 0 Å². The fourth-order valence-corrected chi connectivity index (χ4v) is 2.42. The van der Waals surface area contributed by atoms with Crippen LogP contribution in [-0.2, 0) is 29.7 Å². The molecule has 2 rings (SSSR count). The van der Waals surface area contributed by atoms with Crippen LogP contribution in [0.4, 0.5) is 4.79 Å². The van der Waals surface area contributed by atoms with Crippen LogP contribution in [0.5, 0.6) is 0 Å². The minimum Gasteiger partial charge on any atom is -0.448 e. The number of nitrogens with two attached hydrogens (primary N) is 1. The summed E-state index contributed by atoms with van der Waals surface area (Å²) >= 11 is 0. The highest BCUT2D eigenvalue weighted by Gasteiger charge is 2.26. The fraction of sp³-hybridized carbons (Fsp3) is 0.692.